The fourth-order valence-corrected chi connectivity index (χ4v) is 11.6. The Bertz CT molecular complexity index is 2000. The molecule has 65 heavy (non-hydrogen) atoms. The van der Waals surface area contributed by atoms with Crippen LogP contribution in [0.2, 0.25) is 0 Å². The van der Waals surface area contributed by atoms with E-state index >= 15 is 0 Å². The van der Waals surface area contributed by atoms with Gasteiger partial charge in [0.05, 0.1) is 39.6 Å². The Morgan fingerprint density at radius 1 is 0.585 bits per heavy atom. The van der Waals surface area contributed by atoms with Crippen molar-refractivity contribution in [2.24, 2.45) is 0 Å². The minimum Gasteiger partial charge on any atom is -0.491 e. The summed E-state index contributed by atoms with van der Waals surface area (Å²) >= 11 is 10.6. The standard InChI is InChI=1S/C50H58O9S6/c1-3-60-29-35(2)63-30-45(57-23-42-20-54-42)26-51-39-10-4-36(5-11-39)50(37-6-12-40(13-7-37)52-27-46(58-24-43-21-55-43)31-64-48-16-18-61-33-48)38-8-14-41(15-9-38)53-28-47(59-25-44-22-56-44)32-65-49-17-19-62-34-49/h4-19,29,33-34,42-47,50H,3,20-28,30-32H2,1-2H3/b35-29+. The Balaban J connectivity index is 0.939. The molecule has 2 aromatic heterocycles. The lowest BCUT2D eigenvalue weighted by atomic mass is 9.85. The van der Waals surface area contributed by atoms with Gasteiger partial charge in [-0.3, -0.25) is 0 Å². The minimum atomic E-state index is -0.0644. The number of rotatable bonds is 32. The van der Waals surface area contributed by atoms with Crippen molar-refractivity contribution in [3.63, 3.8) is 0 Å². The molecule has 3 aliphatic rings. The summed E-state index contributed by atoms with van der Waals surface area (Å²) in [5, 5.41) is 10.8. The van der Waals surface area contributed by atoms with Gasteiger partial charge in [0.1, 0.15) is 73.7 Å². The van der Waals surface area contributed by atoms with E-state index in [-0.39, 0.29) is 42.5 Å². The quantitative estimate of drug-likeness (QED) is 0.0233. The molecule has 3 aliphatic heterocycles. The highest BCUT2D eigenvalue weighted by Crippen LogP contribution is 2.35. The summed E-state index contributed by atoms with van der Waals surface area (Å²) in [4.78, 5) is 3.78. The molecule has 5 aromatic rings. The number of benzene rings is 3. The van der Waals surface area contributed by atoms with E-state index in [4.69, 9.17) is 42.6 Å². The molecule has 0 amide bonds. The van der Waals surface area contributed by atoms with Crippen molar-refractivity contribution in [1.82, 2.24) is 0 Å². The highest BCUT2D eigenvalue weighted by Gasteiger charge is 2.27. The average Bonchev–Trinajstić information content (AvgIpc) is 4.31. The molecule has 15 heteroatoms. The van der Waals surface area contributed by atoms with Gasteiger partial charge in [-0.15, -0.1) is 47.0 Å². The molecule has 0 N–H and O–H groups in total. The Morgan fingerprint density at radius 2 is 0.969 bits per heavy atom. The molecular weight excluding hydrogens is 937 g/mol. The first kappa shape index (κ1) is 48.8. The van der Waals surface area contributed by atoms with Crippen LogP contribution in [0.5, 0.6) is 17.2 Å². The van der Waals surface area contributed by atoms with E-state index in [1.807, 2.05) is 23.5 Å². The van der Waals surface area contributed by atoms with Gasteiger partial charge in [0.15, 0.2) is 0 Å². The molecule has 3 fully saturated rings. The van der Waals surface area contributed by atoms with Gasteiger partial charge in [-0.05, 0) is 99.0 Å². The van der Waals surface area contributed by atoms with Gasteiger partial charge < -0.3 is 42.6 Å². The first-order valence-electron chi connectivity index (χ1n) is 22.1. The van der Waals surface area contributed by atoms with Crippen LogP contribution >= 0.6 is 69.7 Å². The number of hydrogen-bond donors (Lipinski definition) is 0. The lowest BCUT2D eigenvalue weighted by molar-refractivity contribution is 0.0270. The number of hydrogen-bond acceptors (Lipinski definition) is 15. The average molecular weight is 995 g/mol. The van der Waals surface area contributed by atoms with Crippen LogP contribution in [0, 0.1) is 0 Å². The third-order valence-electron chi connectivity index (χ3n) is 10.5. The van der Waals surface area contributed by atoms with Crippen LogP contribution < -0.4 is 14.2 Å². The predicted molar refractivity (Wildman–Crippen MR) is 270 cm³/mol. The van der Waals surface area contributed by atoms with Gasteiger partial charge in [-0.1, -0.05) is 43.3 Å². The zero-order chi connectivity index (χ0) is 44.5. The Morgan fingerprint density at radius 3 is 1.31 bits per heavy atom. The van der Waals surface area contributed by atoms with E-state index in [1.165, 1.54) is 14.7 Å². The topological polar surface area (TPSA) is 93.0 Å². The number of epoxide rings is 3. The first-order valence-corrected chi connectivity index (χ1v) is 28.0. The molecule has 3 saturated heterocycles. The lowest BCUT2D eigenvalue weighted by Gasteiger charge is -2.22. The van der Waals surface area contributed by atoms with Crippen molar-refractivity contribution in [3.05, 3.63) is 133 Å². The summed E-state index contributed by atoms with van der Waals surface area (Å²) in [6, 6.07) is 29.7. The van der Waals surface area contributed by atoms with Gasteiger partial charge in [-0.25, -0.2) is 0 Å². The number of ether oxygens (including phenoxy) is 9. The zero-order valence-corrected chi connectivity index (χ0v) is 41.7. The molecule has 0 radical (unpaired) electrons. The number of thiophene rings is 2. The van der Waals surface area contributed by atoms with Crippen LogP contribution in [-0.4, -0.2) is 119 Å². The van der Waals surface area contributed by atoms with Crippen LogP contribution in [0.25, 0.3) is 0 Å². The molecule has 3 aromatic carbocycles. The molecule has 9 nitrogen and oxygen atoms in total. The van der Waals surface area contributed by atoms with E-state index < -0.39 is 0 Å². The molecule has 0 spiro atoms. The van der Waals surface area contributed by atoms with Crippen molar-refractivity contribution < 1.29 is 42.6 Å². The van der Waals surface area contributed by atoms with Gasteiger partial charge in [0.2, 0.25) is 0 Å². The van der Waals surface area contributed by atoms with E-state index in [1.54, 1.807) is 46.2 Å². The third kappa shape index (κ3) is 17.4. The highest BCUT2D eigenvalue weighted by atomic mass is 32.2. The smallest absolute Gasteiger partial charge is 0.119 e. The molecule has 0 saturated carbocycles. The lowest BCUT2D eigenvalue weighted by Crippen LogP contribution is -2.26. The summed E-state index contributed by atoms with van der Waals surface area (Å²) in [5.41, 5.74) is 3.43. The second kappa shape index (κ2) is 26.2. The van der Waals surface area contributed by atoms with E-state index in [0.717, 1.165) is 76.8 Å². The van der Waals surface area contributed by atoms with Crippen molar-refractivity contribution in [3.8, 4) is 17.2 Å². The summed E-state index contributed by atoms with van der Waals surface area (Å²) in [5.74, 6) is 5.83. The molecular formula is C50H58O9S6. The zero-order valence-electron chi connectivity index (χ0n) is 36.8. The molecule has 6 unspecified atom stereocenters. The molecule has 348 valence electrons. The minimum absolute atomic E-state index is 0.0535. The second-order valence-electron chi connectivity index (χ2n) is 15.8. The SMILES string of the molecule is CCS/C=C(\C)SCC(COc1ccc(C(c2ccc(OCC(CSc3ccsc3)OCC3CO3)cc2)c2ccc(OCC(CSc3ccsc3)OCC3CO3)cc2)cc1)OCC1CO1. The van der Waals surface area contributed by atoms with Crippen molar-refractivity contribution in [2.75, 3.05) is 82.5 Å². The molecule has 8 rings (SSSR count). The van der Waals surface area contributed by atoms with Crippen molar-refractivity contribution in [2.45, 2.75) is 66.2 Å². The molecule has 5 heterocycles. The summed E-state index contributed by atoms with van der Waals surface area (Å²) < 4.78 is 54.1. The van der Waals surface area contributed by atoms with Gasteiger partial charge in [0.25, 0.3) is 0 Å². The Labute approximate surface area is 409 Å². The highest BCUT2D eigenvalue weighted by molar-refractivity contribution is 8.06. The van der Waals surface area contributed by atoms with Gasteiger partial charge >= 0.3 is 0 Å². The maximum atomic E-state index is 6.38. The van der Waals surface area contributed by atoms with Crippen molar-refractivity contribution in [1.29, 1.82) is 0 Å². The summed E-state index contributed by atoms with van der Waals surface area (Å²) in [6.45, 7) is 9.75. The van der Waals surface area contributed by atoms with E-state index in [2.05, 4.69) is 126 Å². The fourth-order valence-electron chi connectivity index (χ4n) is 6.58. The second-order valence-corrected chi connectivity index (χ2v) is 22.0. The fraction of sp³-hybridized carbons (Fsp3) is 0.440. The maximum Gasteiger partial charge on any atom is 0.119 e. The number of thioether (sulfide) groups is 4. The monoisotopic (exact) mass is 994 g/mol. The van der Waals surface area contributed by atoms with Crippen LogP contribution in [0.1, 0.15) is 36.5 Å². The largest absolute Gasteiger partial charge is 0.491 e. The summed E-state index contributed by atoms with van der Waals surface area (Å²) in [6.07, 6.45) is 0.407. The van der Waals surface area contributed by atoms with Gasteiger partial charge in [0, 0.05) is 43.7 Å². The molecule has 0 aliphatic carbocycles. The van der Waals surface area contributed by atoms with Crippen LogP contribution in [0.15, 0.2) is 127 Å². The normalized spacial score (nSPS) is 19.6. The van der Waals surface area contributed by atoms with E-state index in [0.29, 0.717) is 39.6 Å². The van der Waals surface area contributed by atoms with Crippen molar-refractivity contribution >= 4 is 69.7 Å². The first-order chi connectivity index (χ1) is 32.0. The number of allylic oxidation sites excluding steroid dienone is 1. The van der Waals surface area contributed by atoms with Crippen LogP contribution in [0.4, 0.5) is 0 Å². The summed E-state index contributed by atoms with van der Waals surface area (Å²) in [7, 11) is 0. The van der Waals surface area contributed by atoms with Crippen LogP contribution in [0.3, 0.4) is 0 Å². The van der Waals surface area contributed by atoms with Gasteiger partial charge in [-0.2, -0.15) is 22.7 Å². The predicted octanol–water partition coefficient (Wildman–Crippen LogP) is 11.4. The third-order valence-corrected chi connectivity index (χ3v) is 16.5. The van der Waals surface area contributed by atoms with E-state index in [9.17, 15) is 0 Å². The molecule has 6 atom stereocenters. The van der Waals surface area contributed by atoms with Crippen LogP contribution in [-0.2, 0) is 28.4 Å². The Kier molecular flexibility index (Phi) is 19.7. The Hall–Kier alpha value is -2.64. The maximum absolute atomic E-state index is 6.38. The molecule has 0 bridgehead atoms.